The Kier molecular flexibility index (Phi) is 6.59. The monoisotopic (exact) mass is 443 g/mol. The summed E-state index contributed by atoms with van der Waals surface area (Å²) >= 11 is 1.58. The molecule has 0 amide bonds. The molecule has 3 aromatic rings. The normalized spacial score (nSPS) is 11.4. The average Bonchev–Trinajstić information content (AvgIpc) is 3.25. The maximum Gasteiger partial charge on any atom is 0.229 e. The van der Waals surface area contributed by atoms with E-state index in [2.05, 4.69) is 4.72 Å². The second-order valence-corrected chi connectivity index (χ2v) is 9.13. The SMILES string of the molecule is COc1cc(C=CC(=O)c2ccc(NS(C)(=O)=O)cc2)cc(-c2cccs2)c1OC. The van der Waals surface area contributed by atoms with E-state index >= 15 is 0 Å². The molecule has 156 valence electrons. The molecule has 3 rings (SSSR count). The Labute approximate surface area is 179 Å². The van der Waals surface area contributed by atoms with E-state index in [0.717, 1.165) is 22.3 Å². The Hall–Kier alpha value is -3.10. The highest BCUT2D eigenvalue weighted by Crippen LogP contribution is 2.41. The molecule has 0 radical (unpaired) electrons. The van der Waals surface area contributed by atoms with E-state index in [4.69, 9.17) is 9.47 Å². The van der Waals surface area contributed by atoms with Crippen LogP contribution >= 0.6 is 11.3 Å². The van der Waals surface area contributed by atoms with Gasteiger partial charge in [0.05, 0.1) is 20.5 Å². The number of rotatable bonds is 8. The molecule has 6 nitrogen and oxygen atoms in total. The predicted molar refractivity (Wildman–Crippen MR) is 121 cm³/mol. The molecule has 1 heterocycles. The molecule has 1 N–H and O–H groups in total. The van der Waals surface area contributed by atoms with E-state index in [-0.39, 0.29) is 5.78 Å². The molecule has 2 aromatic carbocycles. The van der Waals surface area contributed by atoms with Crippen LogP contribution in [0.5, 0.6) is 11.5 Å². The van der Waals surface area contributed by atoms with Crippen LogP contribution in [-0.4, -0.2) is 34.7 Å². The summed E-state index contributed by atoms with van der Waals surface area (Å²) < 4.78 is 35.9. The molecule has 0 spiro atoms. The first-order chi connectivity index (χ1) is 14.3. The molecule has 0 aliphatic rings. The van der Waals surface area contributed by atoms with Crippen LogP contribution in [0.4, 0.5) is 5.69 Å². The molecule has 0 atom stereocenters. The van der Waals surface area contributed by atoms with Gasteiger partial charge in [-0.25, -0.2) is 8.42 Å². The van der Waals surface area contributed by atoms with Gasteiger partial charge in [-0.3, -0.25) is 9.52 Å². The quantitative estimate of drug-likeness (QED) is 0.403. The lowest BCUT2D eigenvalue weighted by molar-refractivity contribution is 0.104. The first-order valence-electron chi connectivity index (χ1n) is 8.91. The van der Waals surface area contributed by atoms with Gasteiger partial charge in [-0.2, -0.15) is 0 Å². The fourth-order valence-electron chi connectivity index (χ4n) is 2.88. The van der Waals surface area contributed by atoms with Crippen LogP contribution in [0.1, 0.15) is 15.9 Å². The largest absolute Gasteiger partial charge is 0.493 e. The molecular weight excluding hydrogens is 422 g/mol. The van der Waals surface area contributed by atoms with Gasteiger partial charge >= 0.3 is 0 Å². The van der Waals surface area contributed by atoms with Crippen molar-refractivity contribution < 1.29 is 22.7 Å². The summed E-state index contributed by atoms with van der Waals surface area (Å²) in [7, 11) is -0.198. The van der Waals surface area contributed by atoms with Crippen molar-refractivity contribution in [2.75, 3.05) is 25.2 Å². The number of nitrogens with one attached hydrogen (secondary N) is 1. The Bertz CT molecular complexity index is 1160. The van der Waals surface area contributed by atoms with E-state index in [9.17, 15) is 13.2 Å². The van der Waals surface area contributed by atoms with E-state index < -0.39 is 10.0 Å². The predicted octanol–water partition coefficient (Wildman–Crippen LogP) is 4.70. The highest BCUT2D eigenvalue weighted by atomic mass is 32.2. The zero-order valence-corrected chi connectivity index (χ0v) is 18.3. The molecule has 0 aliphatic carbocycles. The summed E-state index contributed by atoms with van der Waals surface area (Å²) in [5, 5.41) is 1.98. The van der Waals surface area contributed by atoms with Gasteiger partial charge in [0.1, 0.15) is 0 Å². The molecule has 0 saturated carbocycles. The van der Waals surface area contributed by atoms with Crippen molar-refractivity contribution >= 4 is 38.9 Å². The van der Waals surface area contributed by atoms with Crippen LogP contribution in [0, 0.1) is 0 Å². The fraction of sp³-hybridized carbons (Fsp3) is 0.136. The number of allylic oxidation sites excluding steroid dienone is 1. The molecule has 0 aliphatic heterocycles. The minimum absolute atomic E-state index is 0.201. The van der Waals surface area contributed by atoms with Crippen molar-refractivity contribution in [3.63, 3.8) is 0 Å². The van der Waals surface area contributed by atoms with Crippen molar-refractivity contribution in [2.24, 2.45) is 0 Å². The first kappa shape index (κ1) is 21.6. The topological polar surface area (TPSA) is 81.7 Å². The third-order valence-electron chi connectivity index (χ3n) is 4.19. The lowest BCUT2D eigenvalue weighted by Gasteiger charge is -2.13. The van der Waals surface area contributed by atoms with Crippen LogP contribution in [0.15, 0.2) is 60.0 Å². The van der Waals surface area contributed by atoms with Crippen LogP contribution in [0.3, 0.4) is 0 Å². The lowest BCUT2D eigenvalue weighted by Crippen LogP contribution is -2.09. The minimum Gasteiger partial charge on any atom is -0.493 e. The summed E-state index contributed by atoms with van der Waals surface area (Å²) in [6.45, 7) is 0. The van der Waals surface area contributed by atoms with Crippen molar-refractivity contribution in [1.82, 2.24) is 0 Å². The van der Waals surface area contributed by atoms with Gasteiger partial charge in [0.25, 0.3) is 0 Å². The van der Waals surface area contributed by atoms with E-state index in [1.807, 2.05) is 23.6 Å². The highest BCUT2D eigenvalue weighted by molar-refractivity contribution is 7.92. The van der Waals surface area contributed by atoms with Gasteiger partial charge in [-0.05, 0) is 59.5 Å². The Morgan fingerprint density at radius 1 is 1.07 bits per heavy atom. The van der Waals surface area contributed by atoms with Gasteiger partial charge in [0.15, 0.2) is 17.3 Å². The third-order valence-corrected chi connectivity index (χ3v) is 5.70. The molecular formula is C22H21NO5S2. The van der Waals surface area contributed by atoms with Crippen LogP contribution in [0.2, 0.25) is 0 Å². The molecule has 0 saturated heterocycles. The number of anilines is 1. The van der Waals surface area contributed by atoms with Gasteiger partial charge < -0.3 is 9.47 Å². The van der Waals surface area contributed by atoms with Crippen LogP contribution < -0.4 is 14.2 Å². The number of carbonyl (C=O) groups excluding carboxylic acids is 1. The zero-order valence-electron chi connectivity index (χ0n) is 16.7. The van der Waals surface area contributed by atoms with E-state index in [1.54, 1.807) is 62.0 Å². The van der Waals surface area contributed by atoms with Crippen molar-refractivity contribution in [1.29, 1.82) is 0 Å². The van der Waals surface area contributed by atoms with Gasteiger partial charge in [0, 0.05) is 21.7 Å². The number of sulfonamides is 1. The minimum atomic E-state index is -3.36. The van der Waals surface area contributed by atoms with Crippen LogP contribution in [-0.2, 0) is 10.0 Å². The van der Waals surface area contributed by atoms with Gasteiger partial charge in [0.2, 0.25) is 10.0 Å². The standard InChI is InChI=1S/C22H21NO5S2/c1-27-20-14-15(13-18(22(20)28-2)21-5-4-12-29-21)6-11-19(24)16-7-9-17(10-8-16)23-30(3,25)26/h4-14,23H,1-3H3. The second kappa shape index (κ2) is 9.15. The number of benzene rings is 2. The molecule has 0 unspecified atom stereocenters. The Morgan fingerprint density at radius 2 is 1.80 bits per heavy atom. The zero-order chi connectivity index (χ0) is 21.7. The number of ketones is 1. The Balaban J connectivity index is 1.86. The summed E-state index contributed by atoms with van der Waals surface area (Å²) in [6.07, 6.45) is 4.25. The van der Waals surface area contributed by atoms with Crippen molar-refractivity contribution in [2.45, 2.75) is 0 Å². The molecule has 0 fully saturated rings. The molecule has 1 aromatic heterocycles. The van der Waals surface area contributed by atoms with Crippen molar-refractivity contribution in [3.8, 4) is 21.9 Å². The van der Waals surface area contributed by atoms with Gasteiger partial charge in [-0.1, -0.05) is 12.1 Å². The number of hydrogen-bond acceptors (Lipinski definition) is 6. The lowest BCUT2D eigenvalue weighted by atomic mass is 10.0. The highest BCUT2D eigenvalue weighted by Gasteiger charge is 2.14. The maximum absolute atomic E-state index is 12.5. The molecule has 8 heteroatoms. The summed E-state index contributed by atoms with van der Waals surface area (Å²) in [5.74, 6) is 1.01. The fourth-order valence-corrected chi connectivity index (χ4v) is 4.19. The summed E-state index contributed by atoms with van der Waals surface area (Å²) in [4.78, 5) is 13.6. The van der Waals surface area contributed by atoms with Crippen LogP contribution in [0.25, 0.3) is 16.5 Å². The summed E-state index contributed by atoms with van der Waals surface area (Å²) in [5.41, 5.74) is 2.53. The first-order valence-corrected chi connectivity index (χ1v) is 11.7. The number of hydrogen-bond donors (Lipinski definition) is 1. The average molecular weight is 444 g/mol. The number of thiophene rings is 1. The maximum atomic E-state index is 12.5. The van der Waals surface area contributed by atoms with Crippen molar-refractivity contribution in [3.05, 3.63) is 71.1 Å². The second-order valence-electron chi connectivity index (χ2n) is 6.43. The number of methoxy groups -OCH3 is 2. The smallest absolute Gasteiger partial charge is 0.229 e. The molecule has 0 bridgehead atoms. The summed E-state index contributed by atoms with van der Waals surface area (Å²) in [6, 6.07) is 13.9. The number of ether oxygens (including phenoxy) is 2. The number of carbonyl (C=O) groups is 1. The Morgan fingerprint density at radius 3 is 2.37 bits per heavy atom. The van der Waals surface area contributed by atoms with E-state index in [0.29, 0.717) is 22.7 Å². The third kappa shape index (κ3) is 5.28. The van der Waals surface area contributed by atoms with Gasteiger partial charge in [-0.15, -0.1) is 11.3 Å². The van der Waals surface area contributed by atoms with E-state index in [1.165, 1.54) is 6.08 Å². The molecule has 30 heavy (non-hydrogen) atoms.